The van der Waals surface area contributed by atoms with Gasteiger partial charge >= 0.3 is 6.09 Å². The minimum atomic E-state index is -1.14. The molecule has 0 aliphatic heterocycles. The van der Waals surface area contributed by atoms with Crippen LogP contribution in [0.1, 0.15) is 31.1 Å². The molecule has 0 unspecified atom stereocenters. The highest BCUT2D eigenvalue weighted by Crippen LogP contribution is 2.35. The third-order valence-corrected chi connectivity index (χ3v) is 6.99. The number of rotatable bonds is 6. The van der Waals surface area contributed by atoms with Gasteiger partial charge in [-0.05, 0) is 63.2 Å². The quantitative estimate of drug-likeness (QED) is 0.184. The van der Waals surface area contributed by atoms with Crippen molar-refractivity contribution in [3.05, 3.63) is 109 Å². The first kappa shape index (κ1) is 27.5. The fourth-order valence-corrected chi connectivity index (χ4v) is 5.15. The van der Waals surface area contributed by atoms with E-state index in [0.29, 0.717) is 28.6 Å². The van der Waals surface area contributed by atoms with Crippen molar-refractivity contribution < 1.29 is 19.1 Å². The lowest BCUT2D eigenvalue weighted by molar-refractivity contribution is 0.102. The molecular weight excluding hydrogens is 542 g/mol. The van der Waals surface area contributed by atoms with E-state index in [2.05, 4.69) is 20.6 Å². The number of anilines is 4. The molecule has 0 radical (unpaired) electrons. The highest BCUT2D eigenvalue weighted by Gasteiger charge is 2.31. The number of amides is 2. The Labute approximate surface area is 247 Å². The Morgan fingerprint density at radius 2 is 1.53 bits per heavy atom. The summed E-state index contributed by atoms with van der Waals surface area (Å²) in [5.41, 5.74) is 4.15. The summed E-state index contributed by atoms with van der Waals surface area (Å²) < 4.78 is 6.18. The number of benzene rings is 4. The summed E-state index contributed by atoms with van der Waals surface area (Å²) in [7, 11) is 0. The molecule has 3 N–H and O–H groups in total. The number of hydrogen-bond acceptors (Lipinski definition) is 6. The molecule has 2 aromatic heterocycles. The number of aromatic nitrogens is 2. The van der Waals surface area contributed by atoms with Crippen molar-refractivity contribution >= 4 is 56.8 Å². The first-order valence-corrected chi connectivity index (χ1v) is 13.7. The van der Waals surface area contributed by atoms with E-state index in [1.54, 1.807) is 63.2 Å². The van der Waals surface area contributed by atoms with Crippen molar-refractivity contribution in [2.75, 3.05) is 15.5 Å². The second kappa shape index (κ2) is 10.9. The Balaban J connectivity index is 1.25. The van der Waals surface area contributed by atoms with Gasteiger partial charge in [-0.3, -0.25) is 9.69 Å². The molecule has 0 aliphatic rings. The second-order valence-electron chi connectivity index (χ2n) is 11.0. The first-order chi connectivity index (χ1) is 20.7. The molecule has 0 saturated heterocycles. The average Bonchev–Trinajstić information content (AvgIpc) is 3.36. The first-order valence-electron chi connectivity index (χ1n) is 13.7. The summed E-state index contributed by atoms with van der Waals surface area (Å²) in [6, 6.07) is 29.6. The van der Waals surface area contributed by atoms with Crippen LogP contribution >= 0.6 is 0 Å². The van der Waals surface area contributed by atoms with Crippen molar-refractivity contribution in [1.82, 2.24) is 9.97 Å². The van der Waals surface area contributed by atoms with Crippen LogP contribution in [-0.4, -0.2) is 32.6 Å². The largest absolute Gasteiger partial charge is 0.465 e. The molecule has 214 valence electrons. The Kier molecular flexibility index (Phi) is 6.99. The van der Waals surface area contributed by atoms with Gasteiger partial charge in [-0.1, -0.05) is 48.5 Å². The Morgan fingerprint density at radius 3 is 2.35 bits per heavy atom. The number of furan rings is 1. The molecule has 0 fully saturated rings. The summed E-state index contributed by atoms with van der Waals surface area (Å²) in [6.45, 7) is 5.34. The highest BCUT2D eigenvalue weighted by atomic mass is 16.4. The zero-order valence-corrected chi connectivity index (χ0v) is 23.8. The van der Waals surface area contributed by atoms with E-state index >= 15 is 0 Å². The van der Waals surface area contributed by atoms with Crippen LogP contribution in [0.4, 0.5) is 27.7 Å². The van der Waals surface area contributed by atoms with Gasteiger partial charge in [-0.15, -0.1) is 0 Å². The highest BCUT2D eigenvalue weighted by molar-refractivity contribution is 6.11. The van der Waals surface area contributed by atoms with Gasteiger partial charge in [0.2, 0.25) is 0 Å². The van der Waals surface area contributed by atoms with E-state index in [-0.39, 0.29) is 5.56 Å². The number of nitrogens with zero attached hydrogens (tertiary/aromatic N) is 3. The number of carboxylic acid groups (broad SMARTS) is 1. The summed E-state index contributed by atoms with van der Waals surface area (Å²) in [4.78, 5) is 35.5. The Bertz CT molecular complexity index is 1990. The molecule has 4 aromatic carbocycles. The third kappa shape index (κ3) is 5.48. The fraction of sp³-hybridized carbons (Fsp3) is 0.118. The third-order valence-electron chi connectivity index (χ3n) is 6.99. The second-order valence-corrected chi connectivity index (χ2v) is 11.0. The molecule has 2 amide bonds. The minimum Gasteiger partial charge on any atom is -0.465 e. The van der Waals surface area contributed by atoms with Crippen molar-refractivity contribution in [2.24, 2.45) is 0 Å². The van der Waals surface area contributed by atoms with E-state index in [1.165, 1.54) is 11.2 Å². The Morgan fingerprint density at radius 1 is 0.814 bits per heavy atom. The Hall–Kier alpha value is -5.70. The van der Waals surface area contributed by atoms with Gasteiger partial charge in [-0.2, -0.15) is 0 Å². The van der Waals surface area contributed by atoms with Crippen molar-refractivity contribution in [2.45, 2.75) is 26.3 Å². The zero-order valence-electron chi connectivity index (χ0n) is 23.8. The van der Waals surface area contributed by atoms with Crippen LogP contribution in [0.25, 0.3) is 33.2 Å². The summed E-state index contributed by atoms with van der Waals surface area (Å²) >= 11 is 0. The number of carbonyl (C=O) groups is 2. The van der Waals surface area contributed by atoms with Gasteiger partial charge in [-0.25, -0.2) is 14.8 Å². The number of fused-ring (bicyclic) bond motifs is 3. The molecule has 0 aliphatic carbocycles. The molecule has 6 aromatic rings. The number of carbonyl (C=O) groups excluding carboxylic acids is 1. The van der Waals surface area contributed by atoms with Gasteiger partial charge in [0.25, 0.3) is 5.91 Å². The van der Waals surface area contributed by atoms with Crippen LogP contribution in [-0.2, 0) is 0 Å². The summed E-state index contributed by atoms with van der Waals surface area (Å²) in [5, 5.41) is 18.1. The molecule has 0 spiro atoms. The van der Waals surface area contributed by atoms with Crippen molar-refractivity contribution in [3.8, 4) is 11.3 Å². The molecule has 0 bridgehead atoms. The van der Waals surface area contributed by atoms with Crippen LogP contribution < -0.4 is 15.5 Å². The van der Waals surface area contributed by atoms with Crippen LogP contribution in [0.2, 0.25) is 0 Å². The lowest BCUT2D eigenvalue weighted by Gasteiger charge is -2.34. The van der Waals surface area contributed by atoms with Gasteiger partial charge < -0.3 is 20.2 Å². The average molecular weight is 572 g/mol. The van der Waals surface area contributed by atoms with E-state index in [1.807, 2.05) is 54.6 Å². The molecule has 2 heterocycles. The van der Waals surface area contributed by atoms with Crippen LogP contribution in [0.15, 0.2) is 108 Å². The molecular formula is C34H29N5O4. The standard InChI is InChI=1S/C34H29N5O4/c1-34(2,3)39(33(41)42)28-16-6-4-13-26(28)32(40)38-22-11-8-10-21(18-22)37-30-19-27(35-20-36-30)25-15-9-14-24-23-12-5-7-17-29(23)43-31(24)25/h4-20H,1-3H3,(H,38,40)(H,41,42)(H,35,36,37). The van der Waals surface area contributed by atoms with E-state index < -0.39 is 17.5 Å². The maximum atomic E-state index is 13.4. The molecule has 9 heteroatoms. The molecule has 6 rings (SSSR count). The predicted molar refractivity (Wildman–Crippen MR) is 169 cm³/mol. The van der Waals surface area contributed by atoms with Crippen LogP contribution in [0.3, 0.4) is 0 Å². The lowest BCUT2D eigenvalue weighted by atomic mass is 10.0. The minimum absolute atomic E-state index is 0.249. The SMILES string of the molecule is CC(C)(C)N(C(=O)O)c1ccccc1C(=O)Nc1cccc(Nc2cc(-c3cccc4c3oc3ccccc34)ncn2)c1. The van der Waals surface area contributed by atoms with Gasteiger partial charge in [0.15, 0.2) is 0 Å². The lowest BCUT2D eigenvalue weighted by Crippen LogP contribution is -2.46. The number of nitrogens with one attached hydrogen (secondary N) is 2. The summed E-state index contributed by atoms with van der Waals surface area (Å²) in [6.07, 6.45) is 0.352. The maximum Gasteiger partial charge on any atom is 0.412 e. The van der Waals surface area contributed by atoms with Gasteiger partial charge in [0, 0.05) is 39.3 Å². The maximum absolute atomic E-state index is 13.4. The smallest absolute Gasteiger partial charge is 0.412 e. The van der Waals surface area contributed by atoms with Gasteiger partial charge in [0.05, 0.1) is 16.9 Å². The summed E-state index contributed by atoms with van der Waals surface area (Å²) in [5.74, 6) is 0.140. The molecule has 0 atom stereocenters. The number of hydrogen-bond donors (Lipinski definition) is 3. The predicted octanol–water partition coefficient (Wildman–Crippen LogP) is 8.32. The van der Waals surface area contributed by atoms with Crippen molar-refractivity contribution in [1.29, 1.82) is 0 Å². The van der Waals surface area contributed by atoms with Crippen LogP contribution in [0.5, 0.6) is 0 Å². The van der Waals surface area contributed by atoms with Gasteiger partial charge in [0.1, 0.15) is 23.3 Å². The van der Waals surface area contributed by atoms with E-state index in [9.17, 15) is 14.7 Å². The number of para-hydroxylation sites is 3. The molecule has 43 heavy (non-hydrogen) atoms. The van der Waals surface area contributed by atoms with E-state index in [4.69, 9.17) is 4.42 Å². The molecule has 0 saturated carbocycles. The topological polar surface area (TPSA) is 121 Å². The van der Waals surface area contributed by atoms with Crippen LogP contribution in [0, 0.1) is 0 Å². The molecule has 9 nitrogen and oxygen atoms in total. The van der Waals surface area contributed by atoms with E-state index in [0.717, 1.165) is 27.5 Å². The van der Waals surface area contributed by atoms with Crippen molar-refractivity contribution in [3.63, 3.8) is 0 Å². The fourth-order valence-electron chi connectivity index (χ4n) is 5.15. The monoisotopic (exact) mass is 571 g/mol. The zero-order chi connectivity index (χ0) is 30.1. The normalized spacial score (nSPS) is 11.4.